The minimum absolute atomic E-state index is 0.370. The van der Waals surface area contributed by atoms with Gasteiger partial charge in [0.1, 0.15) is 11.3 Å². The van der Waals surface area contributed by atoms with Gasteiger partial charge in [-0.25, -0.2) is 4.79 Å². The fourth-order valence-corrected chi connectivity index (χ4v) is 2.07. The van der Waals surface area contributed by atoms with Gasteiger partial charge in [-0.1, -0.05) is 0 Å². The van der Waals surface area contributed by atoms with Gasteiger partial charge in [-0.15, -0.1) is 0 Å². The van der Waals surface area contributed by atoms with Crippen molar-refractivity contribution in [3.63, 3.8) is 0 Å². The second-order valence-corrected chi connectivity index (χ2v) is 4.48. The fourth-order valence-electron chi connectivity index (χ4n) is 1.35. The highest BCUT2D eigenvalue weighted by molar-refractivity contribution is 8.00. The number of esters is 1. The molecule has 0 unspecified atom stereocenters. The van der Waals surface area contributed by atoms with Crippen LogP contribution in [0.2, 0.25) is 0 Å². The van der Waals surface area contributed by atoms with E-state index in [4.69, 9.17) is 5.26 Å². The van der Waals surface area contributed by atoms with Gasteiger partial charge in [-0.05, 0) is 23.9 Å². The molecule has 0 aliphatic rings. The number of alkyl halides is 5. The van der Waals surface area contributed by atoms with Gasteiger partial charge in [-0.2, -0.15) is 27.2 Å². The Labute approximate surface area is 119 Å². The van der Waals surface area contributed by atoms with Crippen LogP contribution in [-0.4, -0.2) is 25.2 Å². The molecule has 114 valence electrons. The third kappa shape index (κ3) is 4.78. The van der Waals surface area contributed by atoms with Gasteiger partial charge in [0, 0.05) is 4.90 Å². The molecule has 0 fully saturated rings. The molecule has 0 saturated heterocycles. The number of nitriles is 1. The smallest absolute Gasteiger partial charge is 0.446 e. The summed E-state index contributed by atoms with van der Waals surface area (Å²) >= 11 is -0.735. The highest BCUT2D eigenvalue weighted by Crippen LogP contribution is 2.42. The summed E-state index contributed by atoms with van der Waals surface area (Å²) in [5.41, 5.74) is -5.98. The van der Waals surface area contributed by atoms with Crippen LogP contribution in [0.25, 0.3) is 0 Å². The first-order chi connectivity index (χ1) is 9.67. The summed E-state index contributed by atoms with van der Waals surface area (Å²) in [7, 11) is 0.870. The van der Waals surface area contributed by atoms with Crippen molar-refractivity contribution in [2.75, 3.05) is 7.11 Å². The van der Waals surface area contributed by atoms with E-state index >= 15 is 0 Å². The number of methoxy groups -OCH3 is 1. The zero-order chi connectivity index (χ0) is 16.2. The molecular formula is C11H6F5NO3S. The Hall–Kier alpha value is -2.02. The zero-order valence-corrected chi connectivity index (χ0v) is 11.0. The third-order valence-electron chi connectivity index (χ3n) is 2.03. The first kappa shape index (κ1) is 17.0. The Kier molecular flexibility index (Phi) is 5.37. The van der Waals surface area contributed by atoms with Crippen LogP contribution in [0.5, 0.6) is 5.75 Å². The Balaban J connectivity index is 3.50. The second-order valence-electron chi connectivity index (χ2n) is 3.38. The van der Waals surface area contributed by atoms with Gasteiger partial charge >= 0.3 is 18.1 Å². The van der Waals surface area contributed by atoms with Crippen LogP contribution in [0, 0.1) is 11.3 Å². The summed E-state index contributed by atoms with van der Waals surface area (Å²) in [6, 6.07) is 2.97. The van der Waals surface area contributed by atoms with E-state index in [1.54, 1.807) is 0 Å². The molecule has 0 bridgehead atoms. The number of halogens is 5. The molecule has 1 rings (SSSR count). The lowest BCUT2D eigenvalue weighted by molar-refractivity contribution is -0.0505. The highest BCUT2D eigenvalue weighted by Gasteiger charge is 2.34. The van der Waals surface area contributed by atoms with Gasteiger partial charge in [0.25, 0.3) is 0 Å². The SMILES string of the molecule is COC(=O)c1c(OC(F)F)cc(C#N)cc1SC(F)(F)F. The maximum Gasteiger partial charge on any atom is 0.446 e. The van der Waals surface area contributed by atoms with E-state index in [1.807, 2.05) is 0 Å². The summed E-state index contributed by atoms with van der Waals surface area (Å²) in [4.78, 5) is 10.8. The zero-order valence-electron chi connectivity index (χ0n) is 10.2. The average Bonchev–Trinajstić information content (AvgIpc) is 2.34. The summed E-state index contributed by atoms with van der Waals surface area (Å²) in [6.07, 6.45) is 0. The standard InChI is InChI=1S/C11H6F5NO3S/c1-19-9(18)8-6(20-10(12)13)2-5(4-17)3-7(8)21-11(14,15)16/h2-3,10H,1H3. The van der Waals surface area contributed by atoms with Crippen LogP contribution in [-0.2, 0) is 4.74 Å². The number of hydrogen-bond acceptors (Lipinski definition) is 5. The molecule has 0 N–H and O–H groups in total. The Morgan fingerprint density at radius 2 is 2.00 bits per heavy atom. The summed E-state index contributed by atoms with van der Waals surface area (Å²) in [5, 5.41) is 8.71. The van der Waals surface area contributed by atoms with Crippen molar-refractivity contribution < 1.29 is 36.2 Å². The van der Waals surface area contributed by atoms with E-state index in [-0.39, 0.29) is 5.56 Å². The largest absolute Gasteiger partial charge is 0.465 e. The molecule has 10 heteroatoms. The van der Waals surface area contributed by atoms with Gasteiger partial charge in [0.2, 0.25) is 0 Å². The van der Waals surface area contributed by atoms with Crippen molar-refractivity contribution >= 4 is 17.7 Å². The molecule has 0 aliphatic heterocycles. The maximum atomic E-state index is 12.5. The van der Waals surface area contributed by atoms with E-state index in [0.717, 1.165) is 19.2 Å². The molecule has 1 aromatic carbocycles. The van der Waals surface area contributed by atoms with Crippen molar-refractivity contribution in [3.05, 3.63) is 23.3 Å². The van der Waals surface area contributed by atoms with Crippen LogP contribution in [0.3, 0.4) is 0 Å². The quantitative estimate of drug-likeness (QED) is 0.481. The van der Waals surface area contributed by atoms with Crippen LogP contribution in [0.1, 0.15) is 15.9 Å². The number of hydrogen-bond donors (Lipinski definition) is 0. The first-order valence-corrected chi connectivity index (χ1v) is 5.86. The number of benzene rings is 1. The minimum Gasteiger partial charge on any atom is -0.465 e. The molecule has 1 aromatic rings. The summed E-state index contributed by atoms with van der Waals surface area (Å²) < 4.78 is 70.2. The van der Waals surface area contributed by atoms with Crippen LogP contribution in [0.15, 0.2) is 17.0 Å². The molecule has 4 nitrogen and oxygen atoms in total. The lowest BCUT2D eigenvalue weighted by atomic mass is 10.1. The van der Waals surface area contributed by atoms with Gasteiger partial charge in [0.15, 0.2) is 0 Å². The topological polar surface area (TPSA) is 59.3 Å². The van der Waals surface area contributed by atoms with Crippen molar-refractivity contribution in [1.82, 2.24) is 0 Å². The van der Waals surface area contributed by atoms with Gasteiger partial charge in [-0.3, -0.25) is 0 Å². The van der Waals surface area contributed by atoms with Crippen molar-refractivity contribution in [3.8, 4) is 11.8 Å². The molecule has 21 heavy (non-hydrogen) atoms. The molecule has 0 amide bonds. The minimum atomic E-state index is -4.79. The molecule has 0 radical (unpaired) electrons. The number of carbonyl (C=O) groups excluding carboxylic acids is 1. The number of ether oxygens (including phenoxy) is 2. The Bertz CT molecular complexity index is 582. The Morgan fingerprint density at radius 1 is 1.38 bits per heavy atom. The maximum absolute atomic E-state index is 12.5. The van der Waals surface area contributed by atoms with Crippen molar-refractivity contribution in [1.29, 1.82) is 5.26 Å². The van der Waals surface area contributed by atoms with E-state index in [0.29, 0.717) is 0 Å². The number of carbonyl (C=O) groups is 1. The van der Waals surface area contributed by atoms with E-state index in [9.17, 15) is 26.7 Å². The molecule has 0 aliphatic carbocycles. The fraction of sp³-hybridized carbons (Fsp3) is 0.273. The molecular weight excluding hydrogens is 321 g/mol. The Morgan fingerprint density at radius 3 is 2.43 bits per heavy atom. The molecule has 0 atom stereocenters. The highest BCUT2D eigenvalue weighted by atomic mass is 32.2. The predicted molar refractivity (Wildman–Crippen MR) is 61.0 cm³/mol. The summed E-state index contributed by atoms with van der Waals surface area (Å²) in [5.74, 6) is -2.15. The van der Waals surface area contributed by atoms with E-state index < -0.39 is 46.1 Å². The predicted octanol–water partition coefficient (Wildman–Crippen LogP) is 3.56. The molecule has 0 saturated carbocycles. The van der Waals surface area contributed by atoms with Crippen LogP contribution in [0.4, 0.5) is 22.0 Å². The normalized spacial score (nSPS) is 11.1. The van der Waals surface area contributed by atoms with Crippen LogP contribution >= 0.6 is 11.8 Å². The lowest BCUT2D eigenvalue weighted by Crippen LogP contribution is -2.12. The third-order valence-corrected chi connectivity index (χ3v) is 2.80. The van der Waals surface area contributed by atoms with Crippen molar-refractivity contribution in [2.45, 2.75) is 17.0 Å². The molecule has 0 heterocycles. The van der Waals surface area contributed by atoms with Gasteiger partial charge in [0.05, 0.1) is 18.7 Å². The monoisotopic (exact) mass is 327 g/mol. The second kappa shape index (κ2) is 6.62. The summed E-state index contributed by atoms with van der Waals surface area (Å²) in [6.45, 7) is -3.38. The van der Waals surface area contributed by atoms with Crippen LogP contribution < -0.4 is 4.74 Å². The van der Waals surface area contributed by atoms with Gasteiger partial charge < -0.3 is 9.47 Å². The van der Waals surface area contributed by atoms with E-state index in [1.165, 1.54) is 6.07 Å². The lowest BCUT2D eigenvalue weighted by Gasteiger charge is -2.14. The van der Waals surface area contributed by atoms with Crippen molar-refractivity contribution in [2.24, 2.45) is 0 Å². The number of rotatable bonds is 4. The van der Waals surface area contributed by atoms with E-state index in [2.05, 4.69) is 9.47 Å². The molecule has 0 spiro atoms. The average molecular weight is 327 g/mol. The molecule has 0 aromatic heterocycles. The first-order valence-electron chi connectivity index (χ1n) is 5.05. The number of thioether (sulfide) groups is 1. The number of nitrogens with zero attached hydrogens (tertiary/aromatic N) is 1.